The highest BCUT2D eigenvalue weighted by Crippen LogP contribution is 2.38. The number of hydrogen-bond acceptors (Lipinski definition) is 1. The van der Waals surface area contributed by atoms with Gasteiger partial charge in [-0.15, -0.1) is 0 Å². The Morgan fingerprint density at radius 2 is 1.65 bits per heavy atom. The van der Waals surface area contributed by atoms with Gasteiger partial charge in [0.2, 0.25) is 0 Å². The molecule has 0 aromatic carbocycles. The third-order valence-electron chi connectivity index (χ3n) is 2.47. The summed E-state index contributed by atoms with van der Waals surface area (Å²) in [4.78, 5) is 12.4. The van der Waals surface area contributed by atoms with Crippen molar-refractivity contribution in [2.45, 2.75) is 39.0 Å². The SMILES string of the molecule is C/C=C/CC(F)(C(=O)N(CC)CC)C(F)(F)F. The van der Waals surface area contributed by atoms with Crippen molar-refractivity contribution in [1.29, 1.82) is 0 Å². The number of alkyl halides is 4. The molecule has 0 saturated carbocycles. The number of rotatable bonds is 5. The van der Waals surface area contributed by atoms with Gasteiger partial charge in [-0.1, -0.05) is 12.2 Å². The van der Waals surface area contributed by atoms with E-state index in [4.69, 9.17) is 0 Å². The maximum Gasteiger partial charge on any atom is 0.432 e. The zero-order valence-electron chi connectivity index (χ0n) is 10.1. The largest absolute Gasteiger partial charge is 0.432 e. The fraction of sp³-hybridized carbons (Fsp3) is 0.727. The fourth-order valence-corrected chi connectivity index (χ4v) is 1.37. The summed E-state index contributed by atoms with van der Waals surface area (Å²) < 4.78 is 51.9. The lowest BCUT2D eigenvalue weighted by atomic mass is 9.98. The van der Waals surface area contributed by atoms with E-state index in [-0.39, 0.29) is 13.1 Å². The molecule has 0 aliphatic carbocycles. The molecular weight excluding hydrogens is 238 g/mol. The Morgan fingerprint density at radius 1 is 1.18 bits per heavy atom. The number of halogens is 4. The van der Waals surface area contributed by atoms with Crippen molar-refractivity contribution in [3.63, 3.8) is 0 Å². The molecule has 1 unspecified atom stereocenters. The number of amides is 1. The second-order valence-electron chi connectivity index (χ2n) is 3.55. The van der Waals surface area contributed by atoms with Crippen molar-refractivity contribution in [1.82, 2.24) is 4.90 Å². The molecule has 0 N–H and O–H groups in total. The van der Waals surface area contributed by atoms with Crippen LogP contribution in [0, 0.1) is 0 Å². The second-order valence-corrected chi connectivity index (χ2v) is 3.55. The molecule has 0 aliphatic heterocycles. The number of carbonyl (C=O) groups excluding carboxylic acids is 1. The van der Waals surface area contributed by atoms with Crippen LogP contribution in [0.4, 0.5) is 17.6 Å². The summed E-state index contributed by atoms with van der Waals surface area (Å²) in [6, 6.07) is 0. The Bertz CT molecular complexity index is 284. The van der Waals surface area contributed by atoms with Crippen LogP contribution in [-0.4, -0.2) is 35.7 Å². The summed E-state index contributed by atoms with van der Waals surface area (Å²) >= 11 is 0. The van der Waals surface area contributed by atoms with Gasteiger partial charge in [-0.2, -0.15) is 13.2 Å². The van der Waals surface area contributed by atoms with E-state index in [0.717, 1.165) is 11.0 Å². The van der Waals surface area contributed by atoms with Crippen LogP contribution in [0.2, 0.25) is 0 Å². The number of hydrogen-bond donors (Lipinski definition) is 0. The van der Waals surface area contributed by atoms with Gasteiger partial charge < -0.3 is 4.90 Å². The van der Waals surface area contributed by atoms with Crippen LogP contribution in [0.3, 0.4) is 0 Å². The molecule has 0 radical (unpaired) electrons. The first-order chi connectivity index (χ1) is 7.74. The summed E-state index contributed by atoms with van der Waals surface area (Å²) in [6.07, 6.45) is -3.89. The lowest BCUT2D eigenvalue weighted by Gasteiger charge is -2.31. The molecule has 0 saturated heterocycles. The maximum atomic E-state index is 13.9. The summed E-state index contributed by atoms with van der Waals surface area (Å²) in [6.45, 7) is 4.58. The van der Waals surface area contributed by atoms with Gasteiger partial charge in [-0.3, -0.25) is 4.79 Å². The maximum absolute atomic E-state index is 13.9. The van der Waals surface area contributed by atoms with E-state index in [1.807, 2.05) is 0 Å². The van der Waals surface area contributed by atoms with Gasteiger partial charge in [0.15, 0.2) is 0 Å². The highest BCUT2D eigenvalue weighted by molar-refractivity contribution is 5.86. The lowest BCUT2D eigenvalue weighted by Crippen LogP contribution is -2.54. The Hall–Kier alpha value is -1.07. The van der Waals surface area contributed by atoms with E-state index >= 15 is 0 Å². The lowest BCUT2D eigenvalue weighted by molar-refractivity contribution is -0.231. The predicted molar refractivity (Wildman–Crippen MR) is 57.3 cm³/mol. The Balaban J connectivity index is 5.25. The summed E-state index contributed by atoms with van der Waals surface area (Å²) in [5, 5.41) is 0. The minimum atomic E-state index is -5.20. The Kier molecular flexibility index (Phi) is 5.64. The van der Waals surface area contributed by atoms with Gasteiger partial charge in [0.05, 0.1) is 0 Å². The van der Waals surface area contributed by atoms with Gasteiger partial charge in [-0.25, -0.2) is 4.39 Å². The van der Waals surface area contributed by atoms with Crippen LogP contribution in [0.15, 0.2) is 12.2 Å². The number of allylic oxidation sites excluding steroid dienone is 2. The Labute approximate surface area is 98.3 Å². The molecule has 0 aliphatic rings. The molecule has 17 heavy (non-hydrogen) atoms. The molecule has 0 rings (SSSR count). The predicted octanol–water partition coefficient (Wildman–Crippen LogP) is 3.09. The van der Waals surface area contributed by atoms with E-state index < -0.39 is 24.2 Å². The third kappa shape index (κ3) is 3.44. The Morgan fingerprint density at radius 3 is 1.94 bits per heavy atom. The molecular formula is C11H17F4NO. The molecule has 0 spiro atoms. The fourth-order valence-electron chi connectivity index (χ4n) is 1.37. The monoisotopic (exact) mass is 255 g/mol. The topological polar surface area (TPSA) is 20.3 Å². The van der Waals surface area contributed by atoms with E-state index in [2.05, 4.69) is 0 Å². The first kappa shape index (κ1) is 15.9. The van der Waals surface area contributed by atoms with Crippen LogP contribution in [-0.2, 0) is 4.79 Å². The first-order valence-corrected chi connectivity index (χ1v) is 5.40. The molecule has 0 fully saturated rings. The first-order valence-electron chi connectivity index (χ1n) is 5.40. The molecule has 100 valence electrons. The number of carbonyl (C=O) groups is 1. The quantitative estimate of drug-likeness (QED) is 0.546. The minimum absolute atomic E-state index is 0.0485. The van der Waals surface area contributed by atoms with E-state index in [1.54, 1.807) is 0 Å². The van der Waals surface area contributed by atoms with Gasteiger partial charge >= 0.3 is 6.18 Å². The van der Waals surface area contributed by atoms with Gasteiger partial charge in [-0.05, 0) is 20.8 Å². The van der Waals surface area contributed by atoms with Crippen molar-refractivity contribution in [3.8, 4) is 0 Å². The summed E-state index contributed by atoms with van der Waals surface area (Å²) in [5.41, 5.74) is -3.83. The smallest absolute Gasteiger partial charge is 0.340 e. The third-order valence-corrected chi connectivity index (χ3v) is 2.47. The van der Waals surface area contributed by atoms with Gasteiger partial charge in [0, 0.05) is 19.5 Å². The highest BCUT2D eigenvalue weighted by Gasteiger charge is 2.61. The van der Waals surface area contributed by atoms with Gasteiger partial charge in [0.1, 0.15) is 0 Å². The van der Waals surface area contributed by atoms with Crippen LogP contribution >= 0.6 is 0 Å². The summed E-state index contributed by atoms with van der Waals surface area (Å²) in [7, 11) is 0. The zero-order chi connectivity index (χ0) is 13.7. The average Bonchev–Trinajstić information content (AvgIpc) is 2.25. The van der Waals surface area contributed by atoms with Crippen molar-refractivity contribution in [2.75, 3.05) is 13.1 Å². The van der Waals surface area contributed by atoms with Crippen molar-refractivity contribution >= 4 is 5.91 Å². The van der Waals surface area contributed by atoms with Gasteiger partial charge in [0.25, 0.3) is 11.6 Å². The summed E-state index contributed by atoms with van der Waals surface area (Å²) in [5.74, 6) is -1.52. The molecule has 1 amide bonds. The minimum Gasteiger partial charge on any atom is -0.340 e. The molecule has 2 nitrogen and oxygen atoms in total. The van der Waals surface area contributed by atoms with Crippen LogP contribution < -0.4 is 0 Å². The molecule has 0 bridgehead atoms. The molecule has 0 aromatic heterocycles. The number of nitrogens with zero attached hydrogens (tertiary/aromatic N) is 1. The molecule has 1 atom stereocenters. The van der Waals surface area contributed by atoms with E-state index in [0.29, 0.717) is 0 Å². The highest BCUT2D eigenvalue weighted by atomic mass is 19.4. The van der Waals surface area contributed by atoms with Crippen molar-refractivity contribution in [3.05, 3.63) is 12.2 Å². The molecule has 0 aromatic rings. The van der Waals surface area contributed by atoms with E-state index in [9.17, 15) is 22.4 Å². The molecule has 6 heteroatoms. The normalized spacial score (nSPS) is 15.9. The average molecular weight is 255 g/mol. The zero-order valence-corrected chi connectivity index (χ0v) is 10.1. The van der Waals surface area contributed by atoms with Crippen molar-refractivity contribution < 1.29 is 22.4 Å². The van der Waals surface area contributed by atoms with Crippen LogP contribution in [0.25, 0.3) is 0 Å². The van der Waals surface area contributed by atoms with Crippen LogP contribution in [0.1, 0.15) is 27.2 Å². The second kappa shape index (κ2) is 6.02. The van der Waals surface area contributed by atoms with E-state index in [1.165, 1.54) is 26.8 Å². The standard InChI is InChI=1S/C11H17F4NO/c1-4-7-8-10(12,11(13,14)15)9(17)16(5-2)6-3/h4,7H,5-6,8H2,1-3H3/b7-4+. The van der Waals surface area contributed by atoms with Crippen LogP contribution in [0.5, 0.6) is 0 Å². The molecule has 0 heterocycles. The van der Waals surface area contributed by atoms with Crippen molar-refractivity contribution in [2.24, 2.45) is 0 Å².